The van der Waals surface area contributed by atoms with Crippen LogP contribution in [-0.2, 0) is 27.8 Å². The number of rotatable bonds is 5. The molecule has 1 amide bonds. The fraction of sp³-hybridized carbons (Fsp3) is 0.304. The highest BCUT2D eigenvalue weighted by Crippen LogP contribution is 2.34. The van der Waals surface area contributed by atoms with Crippen molar-refractivity contribution in [1.29, 1.82) is 0 Å². The lowest BCUT2D eigenvalue weighted by Gasteiger charge is -2.20. The predicted molar refractivity (Wildman–Crippen MR) is 124 cm³/mol. The van der Waals surface area contributed by atoms with E-state index in [0.717, 1.165) is 38.0 Å². The van der Waals surface area contributed by atoms with Gasteiger partial charge in [0.25, 0.3) is 0 Å². The van der Waals surface area contributed by atoms with Crippen LogP contribution in [0.3, 0.4) is 0 Å². The van der Waals surface area contributed by atoms with Crippen LogP contribution in [0, 0.1) is 13.8 Å². The van der Waals surface area contributed by atoms with Crippen molar-refractivity contribution in [3.63, 3.8) is 0 Å². The Morgan fingerprint density at radius 2 is 1.97 bits per heavy atom. The summed E-state index contributed by atoms with van der Waals surface area (Å²) in [6, 6.07) is 13.0. The zero-order valence-electron chi connectivity index (χ0n) is 18.0. The SMILES string of the molecule is CC(=O)N1c2ccc(S(=O)(=O)NCc3sc(-c4ccccc4C)nc3C)cc2CC1C. The molecule has 0 aliphatic carbocycles. The fourth-order valence-electron chi connectivity index (χ4n) is 4.02. The number of nitrogens with zero attached hydrogens (tertiary/aromatic N) is 2. The summed E-state index contributed by atoms with van der Waals surface area (Å²) >= 11 is 1.50. The van der Waals surface area contributed by atoms with Crippen molar-refractivity contribution in [2.24, 2.45) is 0 Å². The fourth-order valence-corrected chi connectivity index (χ4v) is 6.25. The molecular formula is C23H25N3O3S2. The van der Waals surface area contributed by atoms with Crippen molar-refractivity contribution in [2.75, 3.05) is 4.90 Å². The molecule has 2 heterocycles. The van der Waals surface area contributed by atoms with E-state index in [1.54, 1.807) is 23.1 Å². The summed E-state index contributed by atoms with van der Waals surface area (Å²) in [6.45, 7) is 7.61. The van der Waals surface area contributed by atoms with Crippen LogP contribution in [0.15, 0.2) is 47.4 Å². The minimum Gasteiger partial charge on any atom is -0.309 e. The van der Waals surface area contributed by atoms with Crippen LogP contribution >= 0.6 is 11.3 Å². The quantitative estimate of drug-likeness (QED) is 0.625. The van der Waals surface area contributed by atoms with Crippen molar-refractivity contribution in [3.8, 4) is 10.6 Å². The van der Waals surface area contributed by atoms with Gasteiger partial charge in [0, 0.05) is 35.6 Å². The first-order valence-corrected chi connectivity index (χ1v) is 12.4. The third-order valence-electron chi connectivity index (χ3n) is 5.61. The number of carbonyl (C=O) groups is 1. The molecule has 8 heteroatoms. The minimum atomic E-state index is -3.69. The number of anilines is 1. The number of hydrogen-bond donors (Lipinski definition) is 1. The van der Waals surface area contributed by atoms with E-state index in [4.69, 9.17) is 0 Å². The molecule has 1 aliphatic heterocycles. The molecular weight excluding hydrogens is 430 g/mol. The molecule has 1 aromatic heterocycles. The number of carbonyl (C=O) groups excluding carboxylic acids is 1. The van der Waals surface area contributed by atoms with Gasteiger partial charge >= 0.3 is 0 Å². The van der Waals surface area contributed by atoms with E-state index in [1.165, 1.54) is 18.3 Å². The summed E-state index contributed by atoms with van der Waals surface area (Å²) < 4.78 is 28.6. The highest BCUT2D eigenvalue weighted by Gasteiger charge is 2.30. The molecule has 0 saturated carbocycles. The van der Waals surface area contributed by atoms with Gasteiger partial charge in [-0.1, -0.05) is 24.3 Å². The second-order valence-electron chi connectivity index (χ2n) is 7.90. The van der Waals surface area contributed by atoms with Gasteiger partial charge in [0.2, 0.25) is 15.9 Å². The molecule has 0 spiro atoms. The van der Waals surface area contributed by atoms with E-state index in [-0.39, 0.29) is 23.4 Å². The van der Waals surface area contributed by atoms with Crippen LogP contribution in [0.1, 0.15) is 35.5 Å². The normalized spacial score (nSPS) is 15.9. The molecule has 3 aromatic rings. The van der Waals surface area contributed by atoms with Gasteiger partial charge in [-0.05, 0) is 56.5 Å². The first-order chi connectivity index (χ1) is 14.7. The van der Waals surface area contributed by atoms with Crippen molar-refractivity contribution >= 4 is 33.0 Å². The van der Waals surface area contributed by atoms with Crippen molar-refractivity contribution in [1.82, 2.24) is 9.71 Å². The number of aromatic nitrogens is 1. The van der Waals surface area contributed by atoms with Gasteiger partial charge in [-0.3, -0.25) is 4.79 Å². The van der Waals surface area contributed by atoms with Gasteiger partial charge in [0.15, 0.2) is 0 Å². The Hall–Kier alpha value is -2.55. The number of fused-ring (bicyclic) bond motifs is 1. The van der Waals surface area contributed by atoms with Crippen LogP contribution in [0.5, 0.6) is 0 Å². The molecule has 6 nitrogen and oxygen atoms in total. The molecule has 0 saturated heterocycles. The standard InChI is InChI=1S/C23H25N3O3S2/c1-14-7-5-6-8-20(14)23-25-16(3)22(30-23)13-24-31(28,29)19-9-10-21-18(12-19)11-15(2)26(21)17(4)27/h5-10,12,15,24H,11,13H2,1-4H3. The van der Waals surface area contributed by atoms with E-state index in [0.29, 0.717) is 6.42 Å². The topological polar surface area (TPSA) is 79.4 Å². The Labute approximate surface area is 187 Å². The maximum Gasteiger partial charge on any atom is 0.240 e. The Balaban J connectivity index is 1.54. The Kier molecular flexibility index (Phi) is 5.72. The Bertz CT molecular complexity index is 1260. The van der Waals surface area contributed by atoms with Gasteiger partial charge in [-0.15, -0.1) is 11.3 Å². The van der Waals surface area contributed by atoms with Crippen LogP contribution in [-0.4, -0.2) is 25.4 Å². The molecule has 1 N–H and O–H groups in total. The lowest BCUT2D eigenvalue weighted by Crippen LogP contribution is -2.33. The van der Waals surface area contributed by atoms with Gasteiger partial charge < -0.3 is 4.90 Å². The maximum atomic E-state index is 12.9. The van der Waals surface area contributed by atoms with Gasteiger partial charge in [0.05, 0.1) is 10.6 Å². The molecule has 0 radical (unpaired) electrons. The lowest BCUT2D eigenvalue weighted by atomic mass is 10.1. The highest BCUT2D eigenvalue weighted by atomic mass is 32.2. The second-order valence-corrected chi connectivity index (χ2v) is 10.8. The van der Waals surface area contributed by atoms with Gasteiger partial charge in [-0.25, -0.2) is 18.1 Å². The van der Waals surface area contributed by atoms with Crippen LogP contribution in [0.25, 0.3) is 10.6 Å². The average molecular weight is 456 g/mol. The van der Waals surface area contributed by atoms with Crippen molar-refractivity contribution in [3.05, 3.63) is 64.2 Å². The Morgan fingerprint density at radius 3 is 2.68 bits per heavy atom. The summed E-state index contributed by atoms with van der Waals surface area (Å²) in [6.07, 6.45) is 0.645. The van der Waals surface area contributed by atoms with Crippen molar-refractivity contribution in [2.45, 2.75) is 51.6 Å². The van der Waals surface area contributed by atoms with E-state index in [1.807, 2.05) is 45.0 Å². The van der Waals surface area contributed by atoms with Crippen molar-refractivity contribution < 1.29 is 13.2 Å². The zero-order valence-corrected chi connectivity index (χ0v) is 19.6. The van der Waals surface area contributed by atoms with Gasteiger partial charge in [0.1, 0.15) is 5.01 Å². The molecule has 2 aromatic carbocycles. The molecule has 1 atom stereocenters. The lowest BCUT2D eigenvalue weighted by molar-refractivity contribution is -0.116. The summed E-state index contributed by atoms with van der Waals surface area (Å²) in [7, 11) is -3.69. The number of aryl methyl sites for hydroxylation is 2. The second kappa shape index (κ2) is 8.18. The number of sulfonamides is 1. The average Bonchev–Trinajstić information content (AvgIpc) is 3.24. The highest BCUT2D eigenvalue weighted by molar-refractivity contribution is 7.89. The molecule has 1 aliphatic rings. The first-order valence-electron chi connectivity index (χ1n) is 10.1. The van der Waals surface area contributed by atoms with E-state index >= 15 is 0 Å². The monoisotopic (exact) mass is 455 g/mol. The molecule has 4 rings (SSSR count). The number of amides is 1. The first kappa shape index (κ1) is 21.7. The molecule has 1 unspecified atom stereocenters. The molecule has 0 bridgehead atoms. The number of thiazole rings is 1. The maximum absolute atomic E-state index is 12.9. The smallest absolute Gasteiger partial charge is 0.240 e. The number of benzene rings is 2. The van der Waals surface area contributed by atoms with Crippen LogP contribution in [0.2, 0.25) is 0 Å². The van der Waals surface area contributed by atoms with Gasteiger partial charge in [-0.2, -0.15) is 0 Å². The molecule has 0 fully saturated rings. The van der Waals surface area contributed by atoms with Crippen LogP contribution < -0.4 is 9.62 Å². The third-order valence-corrected chi connectivity index (χ3v) is 8.20. The summed E-state index contributed by atoms with van der Waals surface area (Å²) in [5.74, 6) is -0.0369. The van der Waals surface area contributed by atoms with E-state index in [2.05, 4.69) is 9.71 Å². The summed E-state index contributed by atoms with van der Waals surface area (Å²) in [4.78, 5) is 19.4. The largest absolute Gasteiger partial charge is 0.309 e. The minimum absolute atomic E-state index is 0.0260. The number of nitrogens with one attached hydrogen (secondary N) is 1. The predicted octanol–water partition coefficient (Wildman–Crippen LogP) is 4.20. The zero-order chi connectivity index (χ0) is 22.3. The van der Waals surface area contributed by atoms with E-state index < -0.39 is 10.0 Å². The summed E-state index contributed by atoms with van der Waals surface area (Å²) in [5, 5.41) is 0.889. The third kappa shape index (κ3) is 4.15. The Morgan fingerprint density at radius 1 is 1.23 bits per heavy atom. The summed E-state index contributed by atoms with van der Waals surface area (Å²) in [5.41, 5.74) is 4.69. The van der Waals surface area contributed by atoms with E-state index in [9.17, 15) is 13.2 Å². The number of hydrogen-bond acceptors (Lipinski definition) is 5. The molecule has 31 heavy (non-hydrogen) atoms. The van der Waals surface area contributed by atoms with Crippen LogP contribution in [0.4, 0.5) is 5.69 Å². The molecule has 162 valence electrons.